The first kappa shape index (κ1) is 25.0. The van der Waals surface area contributed by atoms with Crippen LogP contribution >= 0.6 is 23.2 Å². The van der Waals surface area contributed by atoms with Gasteiger partial charge in [0.05, 0.1) is 22.7 Å². The van der Waals surface area contributed by atoms with Crippen molar-refractivity contribution >= 4 is 40.8 Å². The molecule has 8 heteroatoms. The number of amides is 3. The highest BCUT2D eigenvalue weighted by atomic mass is 35.5. The van der Waals surface area contributed by atoms with E-state index in [4.69, 9.17) is 23.2 Å². The minimum Gasteiger partial charge on any atom is -0.387 e. The van der Waals surface area contributed by atoms with Crippen molar-refractivity contribution in [1.29, 1.82) is 0 Å². The number of carbonyl (C=O) groups excluding carboxylic acids is 2. The van der Waals surface area contributed by atoms with Gasteiger partial charge in [-0.1, -0.05) is 62.2 Å². The quantitative estimate of drug-likeness (QED) is 0.522. The van der Waals surface area contributed by atoms with Crippen LogP contribution < -0.4 is 10.6 Å². The molecule has 1 atom stereocenters. The van der Waals surface area contributed by atoms with Crippen LogP contribution in [0.2, 0.25) is 10.0 Å². The van der Waals surface area contributed by atoms with E-state index < -0.39 is 11.5 Å². The molecule has 0 bridgehead atoms. The maximum atomic E-state index is 12.6. The molecule has 2 aromatic carbocycles. The van der Waals surface area contributed by atoms with Crippen LogP contribution in [0.25, 0.3) is 0 Å². The van der Waals surface area contributed by atoms with Crippen molar-refractivity contribution in [2.75, 3.05) is 18.4 Å². The Hall–Kier alpha value is -2.28. The van der Waals surface area contributed by atoms with Crippen LogP contribution in [0, 0.1) is 5.41 Å². The number of aliphatic hydroxyl groups is 1. The molecule has 2 rings (SSSR count). The molecule has 31 heavy (non-hydrogen) atoms. The number of benzene rings is 2. The Morgan fingerprint density at radius 2 is 1.71 bits per heavy atom. The van der Waals surface area contributed by atoms with Crippen LogP contribution in [0.4, 0.5) is 10.5 Å². The second-order valence-corrected chi connectivity index (χ2v) is 9.10. The summed E-state index contributed by atoms with van der Waals surface area (Å²) in [5, 5.41) is 17.0. The van der Waals surface area contributed by atoms with Gasteiger partial charge in [0.1, 0.15) is 0 Å². The summed E-state index contributed by atoms with van der Waals surface area (Å²) >= 11 is 11.9. The molecule has 0 aromatic heterocycles. The summed E-state index contributed by atoms with van der Waals surface area (Å²) in [7, 11) is 0. The third-order valence-electron chi connectivity index (χ3n) is 4.73. The van der Waals surface area contributed by atoms with Gasteiger partial charge in [-0.3, -0.25) is 4.79 Å². The zero-order valence-electron chi connectivity index (χ0n) is 18.2. The standard InChI is InChI=1S/C23H29Cl2N3O3/c1-5-28(14-20(29)16-8-11-18(24)19(25)12-16)22(31)27-17-9-6-15(7-10-17)13-26-21(30)23(2,3)4/h6-12,20,29H,5,13-14H2,1-4H3,(H,26,30)(H,27,31)/t20-/m1/s1. The number of aliphatic hydroxyl groups excluding tert-OH is 1. The summed E-state index contributed by atoms with van der Waals surface area (Å²) in [6.07, 6.45) is -0.894. The van der Waals surface area contributed by atoms with E-state index in [-0.39, 0.29) is 18.5 Å². The van der Waals surface area contributed by atoms with Crippen LogP contribution in [0.5, 0.6) is 0 Å². The maximum Gasteiger partial charge on any atom is 0.321 e. The third-order valence-corrected chi connectivity index (χ3v) is 5.47. The predicted molar refractivity (Wildman–Crippen MR) is 125 cm³/mol. The van der Waals surface area contributed by atoms with E-state index in [1.54, 1.807) is 30.3 Å². The molecule has 0 saturated carbocycles. The summed E-state index contributed by atoms with van der Waals surface area (Å²) in [5.41, 5.74) is 1.69. The van der Waals surface area contributed by atoms with Gasteiger partial charge in [0.15, 0.2) is 0 Å². The predicted octanol–water partition coefficient (Wildman–Crippen LogP) is 5.24. The van der Waals surface area contributed by atoms with Gasteiger partial charge in [0.2, 0.25) is 5.91 Å². The van der Waals surface area contributed by atoms with Crippen molar-refractivity contribution in [3.63, 3.8) is 0 Å². The van der Waals surface area contributed by atoms with Crippen molar-refractivity contribution in [3.8, 4) is 0 Å². The van der Waals surface area contributed by atoms with Gasteiger partial charge >= 0.3 is 6.03 Å². The molecule has 0 unspecified atom stereocenters. The van der Waals surface area contributed by atoms with E-state index >= 15 is 0 Å². The average molecular weight is 466 g/mol. The lowest BCUT2D eigenvalue weighted by Crippen LogP contribution is -2.37. The number of halogens is 2. The van der Waals surface area contributed by atoms with Gasteiger partial charge in [-0.05, 0) is 42.3 Å². The lowest BCUT2D eigenvalue weighted by atomic mass is 9.95. The fourth-order valence-electron chi connectivity index (χ4n) is 2.75. The summed E-state index contributed by atoms with van der Waals surface area (Å²) in [6.45, 7) is 8.36. The number of likely N-dealkylation sites (N-methyl/N-ethyl adjacent to an activating group) is 1. The number of nitrogens with zero attached hydrogens (tertiary/aromatic N) is 1. The summed E-state index contributed by atoms with van der Waals surface area (Å²) in [5.74, 6) is -0.0241. The van der Waals surface area contributed by atoms with Crippen LogP contribution in [0.3, 0.4) is 0 Å². The third kappa shape index (κ3) is 7.42. The van der Waals surface area contributed by atoms with Crippen LogP contribution in [0.15, 0.2) is 42.5 Å². The molecule has 0 heterocycles. The zero-order valence-corrected chi connectivity index (χ0v) is 19.7. The van der Waals surface area contributed by atoms with Gasteiger partial charge < -0.3 is 20.6 Å². The summed E-state index contributed by atoms with van der Waals surface area (Å²) in [4.78, 5) is 26.1. The molecule has 3 amide bonds. The lowest BCUT2D eigenvalue weighted by Gasteiger charge is -2.24. The van der Waals surface area contributed by atoms with Crippen LogP contribution in [-0.4, -0.2) is 35.0 Å². The van der Waals surface area contributed by atoms with Gasteiger partial charge in [0.25, 0.3) is 0 Å². The highest BCUT2D eigenvalue weighted by Gasteiger charge is 2.21. The lowest BCUT2D eigenvalue weighted by molar-refractivity contribution is -0.128. The number of rotatable bonds is 7. The fourth-order valence-corrected chi connectivity index (χ4v) is 3.05. The van der Waals surface area contributed by atoms with Crippen molar-refractivity contribution in [1.82, 2.24) is 10.2 Å². The number of anilines is 1. The Balaban J connectivity index is 1.94. The van der Waals surface area contributed by atoms with Crippen LogP contribution in [-0.2, 0) is 11.3 Å². The second kappa shape index (κ2) is 10.8. The monoisotopic (exact) mass is 465 g/mol. The number of urea groups is 1. The van der Waals surface area contributed by atoms with Gasteiger partial charge in [-0.15, -0.1) is 0 Å². The van der Waals surface area contributed by atoms with Crippen molar-refractivity contribution in [2.45, 2.75) is 40.3 Å². The first-order valence-electron chi connectivity index (χ1n) is 10.1. The summed E-state index contributed by atoms with van der Waals surface area (Å²) in [6, 6.07) is 11.8. The normalized spacial score (nSPS) is 12.2. The van der Waals surface area contributed by atoms with Gasteiger partial charge in [-0.25, -0.2) is 4.79 Å². The van der Waals surface area contributed by atoms with Crippen molar-refractivity contribution in [3.05, 3.63) is 63.6 Å². The average Bonchev–Trinajstić information content (AvgIpc) is 2.72. The Morgan fingerprint density at radius 1 is 1.06 bits per heavy atom. The van der Waals surface area contributed by atoms with Crippen molar-refractivity contribution in [2.24, 2.45) is 5.41 Å². The van der Waals surface area contributed by atoms with Crippen LogP contribution in [0.1, 0.15) is 44.9 Å². The molecule has 0 aliphatic carbocycles. The van der Waals surface area contributed by atoms with E-state index in [0.717, 1.165) is 5.56 Å². The molecule has 2 aromatic rings. The van der Waals surface area contributed by atoms with E-state index in [1.807, 2.05) is 39.8 Å². The van der Waals surface area contributed by atoms with E-state index in [2.05, 4.69) is 10.6 Å². The van der Waals surface area contributed by atoms with Crippen molar-refractivity contribution < 1.29 is 14.7 Å². The molecule has 0 radical (unpaired) electrons. The fraction of sp³-hybridized carbons (Fsp3) is 0.391. The minimum atomic E-state index is -0.894. The number of hydrogen-bond acceptors (Lipinski definition) is 3. The van der Waals surface area contributed by atoms with Gasteiger partial charge in [-0.2, -0.15) is 0 Å². The molecule has 6 nitrogen and oxygen atoms in total. The molecular weight excluding hydrogens is 437 g/mol. The smallest absolute Gasteiger partial charge is 0.321 e. The molecule has 0 saturated heterocycles. The zero-order chi connectivity index (χ0) is 23.2. The Bertz CT molecular complexity index is 911. The molecule has 0 aliphatic heterocycles. The second-order valence-electron chi connectivity index (χ2n) is 8.29. The summed E-state index contributed by atoms with van der Waals surface area (Å²) < 4.78 is 0. The number of hydrogen-bond donors (Lipinski definition) is 3. The molecule has 0 fully saturated rings. The Labute approximate surface area is 193 Å². The molecule has 0 spiro atoms. The molecular formula is C23H29Cl2N3O3. The maximum absolute atomic E-state index is 12.6. The SMILES string of the molecule is CCN(C[C@@H](O)c1ccc(Cl)c(Cl)c1)C(=O)Nc1ccc(CNC(=O)C(C)(C)C)cc1. The van der Waals surface area contributed by atoms with E-state index in [1.165, 1.54) is 4.90 Å². The molecule has 3 N–H and O–H groups in total. The largest absolute Gasteiger partial charge is 0.387 e. The molecule has 0 aliphatic rings. The first-order chi connectivity index (χ1) is 14.5. The van der Waals surface area contributed by atoms with E-state index in [0.29, 0.717) is 34.4 Å². The van der Waals surface area contributed by atoms with E-state index in [9.17, 15) is 14.7 Å². The highest BCUT2D eigenvalue weighted by Crippen LogP contribution is 2.26. The number of carbonyl (C=O) groups is 2. The minimum absolute atomic E-state index is 0.0241. The Morgan fingerprint density at radius 3 is 2.26 bits per heavy atom. The topological polar surface area (TPSA) is 81.7 Å². The van der Waals surface area contributed by atoms with Gasteiger partial charge in [0, 0.05) is 24.2 Å². The highest BCUT2D eigenvalue weighted by molar-refractivity contribution is 6.42. The Kier molecular flexibility index (Phi) is 8.74. The molecule has 168 valence electrons. The first-order valence-corrected chi connectivity index (χ1v) is 10.8. The number of nitrogens with one attached hydrogen (secondary N) is 2.